The van der Waals surface area contributed by atoms with Crippen LogP contribution in [-0.2, 0) is 9.84 Å². The minimum absolute atomic E-state index is 0.110. The van der Waals surface area contributed by atoms with Crippen LogP contribution in [0.25, 0.3) is 0 Å². The molecule has 0 radical (unpaired) electrons. The molecule has 4 heteroatoms. The molecule has 0 aromatic rings. The molecule has 0 aliphatic carbocycles. The fraction of sp³-hybridized carbons (Fsp3) is 1.00. The van der Waals surface area contributed by atoms with E-state index in [1.54, 1.807) is 0 Å². The summed E-state index contributed by atoms with van der Waals surface area (Å²) in [6.07, 6.45) is 2.50. The van der Waals surface area contributed by atoms with Crippen LogP contribution in [-0.4, -0.2) is 26.0 Å². The Morgan fingerprint density at radius 2 is 2.25 bits per heavy atom. The summed E-state index contributed by atoms with van der Waals surface area (Å²) < 4.78 is 22.9. The van der Waals surface area contributed by atoms with Crippen LogP contribution in [0.5, 0.6) is 0 Å². The third-order valence-electron chi connectivity index (χ3n) is 2.64. The maximum absolute atomic E-state index is 11.4. The van der Waals surface area contributed by atoms with Crippen molar-refractivity contribution in [3.8, 4) is 0 Å². The lowest BCUT2D eigenvalue weighted by molar-refractivity contribution is 0.482. The van der Waals surface area contributed by atoms with E-state index in [1.165, 1.54) is 0 Å². The minimum atomic E-state index is -2.76. The molecule has 1 heterocycles. The van der Waals surface area contributed by atoms with E-state index in [-0.39, 0.29) is 11.2 Å². The summed E-state index contributed by atoms with van der Waals surface area (Å²) in [6.45, 7) is 2.58. The Balaban J connectivity index is 2.62. The van der Waals surface area contributed by atoms with Crippen LogP contribution in [0.15, 0.2) is 0 Å². The molecule has 1 saturated heterocycles. The second-order valence-electron chi connectivity index (χ2n) is 3.60. The van der Waals surface area contributed by atoms with Crippen molar-refractivity contribution in [3.05, 3.63) is 0 Å². The molecule has 2 N–H and O–H groups in total. The molecular weight excluding hydrogens is 174 g/mol. The van der Waals surface area contributed by atoms with Gasteiger partial charge < -0.3 is 5.73 Å². The van der Waals surface area contributed by atoms with E-state index < -0.39 is 9.84 Å². The topological polar surface area (TPSA) is 60.2 Å². The fourth-order valence-corrected chi connectivity index (χ4v) is 4.15. The highest BCUT2D eigenvalue weighted by Gasteiger charge is 2.34. The average molecular weight is 191 g/mol. The first-order chi connectivity index (χ1) is 5.58. The number of sulfone groups is 1. The molecule has 72 valence electrons. The van der Waals surface area contributed by atoms with Crippen molar-refractivity contribution < 1.29 is 8.42 Å². The fourth-order valence-electron chi connectivity index (χ4n) is 1.90. The SMILES string of the molecule is CC(CCN)C1CCCS1(=O)=O. The van der Waals surface area contributed by atoms with Crippen LogP contribution in [0.4, 0.5) is 0 Å². The smallest absolute Gasteiger partial charge is 0.153 e. The molecule has 1 aliphatic rings. The highest BCUT2D eigenvalue weighted by molar-refractivity contribution is 7.92. The molecule has 0 aromatic heterocycles. The summed E-state index contributed by atoms with van der Waals surface area (Å²) >= 11 is 0. The van der Waals surface area contributed by atoms with Crippen molar-refractivity contribution in [1.82, 2.24) is 0 Å². The standard InChI is InChI=1S/C8H17NO2S/c1-7(4-5-9)8-3-2-6-12(8,10)11/h7-8H,2-6,9H2,1H3. The molecule has 1 fully saturated rings. The van der Waals surface area contributed by atoms with E-state index in [1.807, 2.05) is 6.92 Å². The van der Waals surface area contributed by atoms with Gasteiger partial charge in [0.25, 0.3) is 0 Å². The second-order valence-corrected chi connectivity index (χ2v) is 5.94. The lowest BCUT2D eigenvalue weighted by Crippen LogP contribution is -2.25. The molecule has 0 bridgehead atoms. The molecule has 3 nitrogen and oxygen atoms in total. The summed E-state index contributed by atoms with van der Waals surface area (Å²) in [6, 6.07) is 0. The highest BCUT2D eigenvalue weighted by atomic mass is 32.2. The molecule has 0 saturated carbocycles. The van der Waals surface area contributed by atoms with E-state index in [9.17, 15) is 8.42 Å². The van der Waals surface area contributed by atoms with Gasteiger partial charge in [-0.2, -0.15) is 0 Å². The predicted octanol–water partition coefficient (Wildman–Crippen LogP) is 0.548. The largest absolute Gasteiger partial charge is 0.330 e. The Morgan fingerprint density at radius 1 is 1.58 bits per heavy atom. The molecule has 0 spiro atoms. The molecule has 0 amide bonds. The van der Waals surface area contributed by atoms with Crippen molar-refractivity contribution in [2.24, 2.45) is 11.7 Å². The maximum Gasteiger partial charge on any atom is 0.153 e. The van der Waals surface area contributed by atoms with Crippen LogP contribution in [0.2, 0.25) is 0 Å². The molecular formula is C8H17NO2S. The molecule has 0 aromatic carbocycles. The second kappa shape index (κ2) is 3.75. The summed E-state index contributed by atoms with van der Waals surface area (Å²) in [4.78, 5) is 0. The zero-order chi connectivity index (χ0) is 9.19. The van der Waals surface area contributed by atoms with Gasteiger partial charge in [0.1, 0.15) is 0 Å². The van der Waals surface area contributed by atoms with Crippen molar-refractivity contribution in [1.29, 1.82) is 0 Å². The van der Waals surface area contributed by atoms with Gasteiger partial charge in [0.15, 0.2) is 9.84 Å². The lowest BCUT2D eigenvalue weighted by atomic mass is 10.0. The summed E-state index contributed by atoms with van der Waals surface area (Å²) in [7, 11) is -2.76. The van der Waals surface area contributed by atoms with E-state index >= 15 is 0 Å². The van der Waals surface area contributed by atoms with E-state index in [2.05, 4.69) is 0 Å². The Kier molecular flexibility index (Phi) is 3.12. The summed E-state index contributed by atoms with van der Waals surface area (Å²) in [5, 5.41) is -0.110. The Morgan fingerprint density at radius 3 is 2.67 bits per heavy atom. The zero-order valence-electron chi connectivity index (χ0n) is 7.49. The number of hydrogen-bond donors (Lipinski definition) is 1. The number of nitrogens with two attached hydrogens (primary N) is 1. The highest BCUT2D eigenvalue weighted by Crippen LogP contribution is 2.27. The Bertz CT molecular complexity index is 235. The van der Waals surface area contributed by atoms with Crippen LogP contribution in [0.3, 0.4) is 0 Å². The van der Waals surface area contributed by atoms with E-state index in [4.69, 9.17) is 5.73 Å². The van der Waals surface area contributed by atoms with Crippen LogP contribution >= 0.6 is 0 Å². The van der Waals surface area contributed by atoms with Crippen LogP contribution in [0.1, 0.15) is 26.2 Å². The van der Waals surface area contributed by atoms with Crippen molar-refractivity contribution in [2.45, 2.75) is 31.4 Å². The maximum atomic E-state index is 11.4. The van der Waals surface area contributed by atoms with Gasteiger partial charge >= 0.3 is 0 Å². The molecule has 12 heavy (non-hydrogen) atoms. The van der Waals surface area contributed by atoms with Gasteiger partial charge in [-0.1, -0.05) is 6.92 Å². The number of rotatable bonds is 3. The van der Waals surface area contributed by atoms with E-state index in [0.29, 0.717) is 12.3 Å². The molecule has 2 unspecified atom stereocenters. The Hall–Kier alpha value is -0.0900. The average Bonchev–Trinajstić information content (AvgIpc) is 2.30. The quantitative estimate of drug-likeness (QED) is 0.708. The van der Waals surface area contributed by atoms with Crippen molar-refractivity contribution >= 4 is 9.84 Å². The first-order valence-corrected chi connectivity index (χ1v) is 6.21. The van der Waals surface area contributed by atoms with E-state index in [0.717, 1.165) is 19.3 Å². The Labute approximate surface area is 74.3 Å². The van der Waals surface area contributed by atoms with Gasteiger partial charge in [0.05, 0.1) is 11.0 Å². The third-order valence-corrected chi connectivity index (χ3v) is 5.12. The monoisotopic (exact) mass is 191 g/mol. The van der Waals surface area contributed by atoms with Gasteiger partial charge in [0.2, 0.25) is 0 Å². The molecule has 1 aliphatic heterocycles. The minimum Gasteiger partial charge on any atom is -0.330 e. The van der Waals surface area contributed by atoms with Gasteiger partial charge in [-0.25, -0.2) is 8.42 Å². The van der Waals surface area contributed by atoms with Crippen molar-refractivity contribution in [3.63, 3.8) is 0 Å². The van der Waals surface area contributed by atoms with Gasteiger partial charge in [-0.3, -0.25) is 0 Å². The zero-order valence-corrected chi connectivity index (χ0v) is 8.31. The van der Waals surface area contributed by atoms with Gasteiger partial charge in [-0.05, 0) is 31.7 Å². The van der Waals surface area contributed by atoms with Gasteiger partial charge in [-0.15, -0.1) is 0 Å². The first-order valence-electron chi connectivity index (χ1n) is 4.49. The molecule has 1 rings (SSSR count). The molecule has 2 atom stereocenters. The predicted molar refractivity (Wildman–Crippen MR) is 49.6 cm³/mol. The lowest BCUT2D eigenvalue weighted by Gasteiger charge is -2.16. The van der Waals surface area contributed by atoms with Crippen LogP contribution < -0.4 is 5.73 Å². The summed E-state index contributed by atoms with van der Waals surface area (Å²) in [5.41, 5.74) is 5.39. The third kappa shape index (κ3) is 1.98. The summed E-state index contributed by atoms with van der Waals surface area (Å²) in [5.74, 6) is 0.620. The number of hydrogen-bond acceptors (Lipinski definition) is 3. The van der Waals surface area contributed by atoms with Crippen LogP contribution in [0, 0.1) is 5.92 Å². The first kappa shape index (κ1) is 9.99. The normalized spacial score (nSPS) is 30.3. The van der Waals surface area contributed by atoms with Gasteiger partial charge in [0, 0.05) is 0 Å². The van der Waals surface area contributed by atoms with Crippen molar-refractivity contribution in [2.75, 3.05) is 12.3 Å².